The molecule has 2 aromatic rings. The fraction of sp³-hybridized carbons (Fsp3) is 0.476. The maximum atomic E-state index is 5.68. The van der Waals surface area contributed by atoms with E-state index in [-0.39, 0.29) is 0 Å². The first-order valence-electron chi connectivity index (χ1n) is 9.38. The first-order valence-corrected chi connectivity index (χ1v) is 9.38. The van der Waals surface area contributed by atoms with Gasteiger partial charge in [0.25, 0.3) is 0 Å². The Balaban J connectivity index is 1.62. The summed E-state index contributed by atoms with van der Waals surface area (Å²) in [5.41, 5.74) is 11.0. The van der Waals surface area contributed by atoms with Crippen LogP contribution in [-0.4, -0.2) is 35.6 Å². The number of hydrogen-bond acceptors (Lipinski definition) is 4. The number of nitrogens with zero attached hydrogens (tertiary/aromatic N) is 2. The number of nitrogens with one attached hydrogen (secondary N) is 1. The lowest BCUT2D eigenvalue weighted by Crippen LogP contribution is -2.44. The predicted molar refractivity (Wildman–Crippen MR) is 103 cm³/mol. The van der Waals surface area contributed by atoms with E-state index >= 15 is 0 Å². The third-order valence-corrected chi connectivity index (χ3v) is 4.93. The lowest BCUT2D eigenvalue weighted by atomic mass is 9.95. The first kappa shape index (κ1) is 18.1. The van der Waals surface area contributed by atoms with Crippen molar-refractivity contribution < 1.29 is 0 Å². The van der Waals surface area contributed by atoms with E-state index in [9.17, 15) is 0 Å². The van der Waals surface area contributed by atoms with E-state index in [2.05, 4.69) is 58.5 Å². The van der Waals surface area contributed by atoms with Crippen molar-refractivity contribution in [3.63, 3.8) is 0 Å². The normalized spacial score (nSPS) is 16.8. The van der Waals surface area contributed by atoms with Gasteiger partial charge in [-0.3, -0.25) is 9.88 Å². The maximum Gasteiger partial charge on any atom is 0.0544 e. The zero-order valence-corrected chi connectivity index (χ0v) is 15.2. The van der Waals surface area contributed by atoms with Crippen molar-refractivity contribution in [3.05, 3.63) is 65.0 Å². The van der Waals surface area contributed by atoms with E-state index in [1.54, 1.807) is 0 Å². The molecule has 4 heteroatoms. The SMILES string of the molecule is Cc1ccc(CN(CCCCN)C[C@H]2Cc3ccccc3CN2)nc1. The molecule has 0 saturated heterocycles. The number of rotatable bonds is 8. The van der Waals surface area contributed by atoms with Gasteiger partial charge >= 0.3 is 0 Å². The molecule has 4 nitrogen and oxygen atoms in total. The Hall–Kier alpha value is -1.75. The molecule has 1 aliphatic heterocycles. The summed E-state index contributed by atoms with van der Waals surface area (Å²) in [6, 6.07) is 13.6. The Bertz CT molecular complexity index is 653. The Morgan fingerprint density at radius 1 is 1.16 bits per heavy atom. The van der Waals surface area contributed by atoms with Crippen LogP contribution in [0.5, 0.6) is 0 Å². The number of aromatic nitrogens is 1. The number of pyridine rings is 1. The second kappa shape index (κ2) is 9.09. The second-order valence-electron chi connectivity index (χ2n) is 7.11. The molecule has 0 radical (unpaired) electrons. The molecule has 2 heterocycles. The summed E-state index contributed by atoms with van der Waals surface area (Å²) in [6.45, 7) is 6.86. The van der Waals surface area contributed by atoms with Crippen molar-refractivity contribution in [1.82, 2.24) is 15.2 Å². The molecule has 0 fully saturated rings. The highest BCUT2D eigenvalue weighted by Crippen LogP contribution is 2.17. The van der Waals surface area contributed by atoms with Crippen molar-refractivity contribution >= 4 is 0 Å². The molecule has 0 aliphatic carbocycles. The third-order valence-electron chi connectivity index (χ3n) is 4.93. The minimum atomic E-state index is 0.498. The molecule has 1 aliphatic rings. The first-order chi connectivity index (χ1) is 12.2. The Morgan fingerprint density at radius 2 is 2.00 bits per heavy atom. The Kier molecular flexibility index (Phi) is 6.56. The van der Waals surface area contributed by atoms with Gasteiger partial charge in [0.15, 0.2) is 0 Å². The van der Waals surface area contributed by atoms with Crippen LogP contribution in [-0.2, 0) is 19.5 Å². The van der Waals surface area contributed by atoms with E-state index in [1.165, 1.54) is 16.7 Å². The molecule has 3 N–H and O–H groups in total. The molecule has 0 unspecified atom stereocenters. The predicted octanol–water partition coefficient (Wildman–Crippen LogP) is 2.65. The standard InChI is InChI=1S/C21H30N4/c1-17-8-9-20(23-13-17)15-25(11-5-4-10-22)16-21-12-18-6-2-3-7-19(18)14-24-21/h2-3,6-9,13,21,24H,4-5,10-12,14-16,22H2,1H3/t21-/m1/s1. The number of benzene rings is 1. The summed E-state index contributed by atoms with van der Waals surface area (Å²) in [6.07, 6.45) is 5.29. The van der Waals surface area contributed by atoms with Crippen LogP contribution >= 0.6 is 0 Å². The van der Waals surface area contributed by atoms with Gasteiger partial charge in [0.2, 0.25) is 0 Å². The van der Waals surface area contributed by atoms with Crippen LogP contribution in [0.2, 0.25) is 0 Å². The summed E-state index contributed by atoms with van der Waals surface area (Å²) in [7, 11) is 0. The van der Waals surface area contributed by atoms with Crippen molar-refractivity contribution in [2.24, 2.45) is 5.73 Å². The van der Waals surface area contributed by atoms with Crippen LogP contribution in [0.15, 0.2) is 42.6 Å². The van der Waals surface area contributed by atoms with Gasteiger partial charge in [-0.15, -0.1) is 0 Å². The number of hydrogen-bond donors (Lipinski definition) is 2. The van der Waals surface area contributed by atoms with Crippen LogP contribution < -0.4 is 11.1 Å². The molecule has 0 spiro atoms. The number of fused-ring (bicyclic) bond motifs is 1. The van der Waals surface area contributed by atoms with E-state index in [1.807, 2.05) is 6.20 Å². The molecule has 1 aromatic heterocycles. The number of aryl methyl sites for hydroxylation is 1. The highest BCUT2D eigenvalue weighted by molar-refractivity contribution is 5.30. The van der Waals surface area contributed by atoms with Gasteiger partial charge in [0.05, 0.1) is 5.69 Å². The van der Waals surface area contributed by atoms with Gasteiger partial charge in [-0.2, -0.15) is 0 Å². The summed E-state index contributed by atoms with van der Waals surface area (Å²) in [5.74, 6) is 0. The van der Waals surface area contributed by atoms with Crippen molar-refractivity contribution in [1.29, 1.82) is 0 Å². The number of unbranched alkanes of at least 4 members (excludes halogenated alkanes) is 1. The van der Waals surface area contributed by atoms with Gasteiger partial charge in [-0.05, 0) is 62.0 Å². The Morgan fingerprint density at radius 3 is 2.76 bits per heavy atom. The van der Waals surface area contributed by atoms with Gasteiger partial charge < -0.3 is 11.1 Å². The van der Waals surface area contributed by atoms with Crippen LogP contribution in [0.4, 0.5) is 0 Å². The fourth-order valence-electron chi connectivity index (χ4n) is 3.50. The second-order valence-corrected chi connectivity index (χ2v) is 7.11. The Labute approximate surface area is 151 Å². The average molecular weight is 338 g/mol. The zero-order chi connectivity index (χ0) is 17.5. The van der Waals surface area contributed by atoms with Crippen LogP contribution in [0.3, 0.4) is 0 Å². The molecule has 0 bridgehead atoms. The molecule has 1 atom stereocenters. The van der Waals surface area contributed by atoms with Gasteiger partial charge in [-0.25, -0.2) is 0 Å². The van der Waals surface area contributed by atoms with Crippen LogP contribution in [0.25, 0.3) is 0 Å². The molecular formula is C21H30N4. The lowest BCUT2D eigenvalue weighted by molar-refractivity contribution is 0.222. The van der Waals surface area contributed by atoms with Crippen molar-refractivity contribution in [2.75, 3.05) is 19.6 Å². The van der Waals surface area contributed by atoms with Crippen molar-refractivity contribution in [3.8, 4) is 0 Å². The number of nitrogens with two attached hydrogens (primary N) is 1. The molecule has 3 rings (SSSR count). The highest BCUT2D eigenvalue weighted by atomic mass is 15.2. The minimum absolute atomic E-state index is 0.498. The minimum Gasteiger partial charge on any atom is -0.330 e. The largest absolute Gasteiger partial charge is 0.330 e. The van der Waals surface area contributed by atoms with Gasteiger partial charge in [0.1, 0.15) is 0 Å². The molecule has 0 saturated carbocycles. The van der Waals surface area contributed by atoms with Crippen molar-refractivity contribution in [2.45, 2.75) is 45.3 Å². The fourth-order valence-corrected chi connectivity index (χ4v) is 3.50. The monoisotopic (exact) mass is 338 g/mol. The van der Waals surface area contributed by atoms with E-state index in [4.69, 9.17) is 5.73 Å². The summed E-state index contributed by atoms with van der Waals surface area (Å²) in [4.78, 5) is 7.12. The molecular weight excluding hydrogens is 308 g/mol. The molecule has 134 valence electrons. The lowest BCUT2D eigenvalue weighted by Gasteiger charge is -2.31. The zero-order valence-electron chi connectivity index (χ0n) is 15.2. The van der Waals surface area contributed by atoms with Gasteiger partial charge in [0, 0.05) is 31.9 Å². The third kappa shape index (κ3) is 5.36. The molecule has 0 amide bonds. The molecule has 25 heavy (non-hydrogen) atoms. The summed E-state index contributed by atoms with van der Waals surface area (Å²) < 4.78 is 0. The van der Waals surface area contributed by atoms with E-state index in [0.29, 0.717) is 6.04 Å². The van der Waals surface area contributed by atoms with E-state index in [0.717, 1.165) is 57.7 Å². The topological polar surface area (TPSA) is 54.2 Å². The summed E-state index contributed by atoms with van der Waals surface area (Å²) in [5, 5.41) is 3.70. The van der Waals surface area contributed by atoms with Crippen LogP contribution in [0, 0.1) is 6.92 Å². The van der Waals surface area contributed by atoms with E-state index < -0.39 is 0 Å². The molecule has 1 aromatic carbocycles. The quantitative estimate of drug-likeness (QED) is 0.727. The average Bonchev–Trinajstić information content (AvgIpc) is 2.63. The summed E-state index contributed by atoms with van der Waals surface area (Å²) >= 11 is 0. The maximum absolute atomic E-state index is 5.68. The van der Waals surface area contributed by atoms with Gasteiger partial charge in [-0.1, -0.05) is 30.3 Å². The smallest absolute Gasteiger partial charge is 0.0544 e. The highest BCUT2D eigenvalue weighted by Gasteiger charge is 2.20. The van der Waals surface area contributed by atoms with Crippen LogP contribution in [0.1, 0.15) is 35.2 Å².